The molecule has 0 aliphatic carbocycles. The van der Waals surface area contributed by atoms with Crippen LogP contribution in [0, 0.1) is 11.6 Å². The summed E-state index contributed by atoms with van der Waals surface area (Å²) >= 11 is 0. The number of carbonyl (C=O) groups excluding carboxylic acids is 2. The summed E-state index contributed by atoms with van der Waals surface area (Å²) in [7, 11) is 0. The van der Waals surface area contributed by atoms with Gasteiger partial charge in [0.2, 0.25) is 0 Å². The van der Waals surface area contributed by atoms with Crippen molar-refractivity contribution in [3.8, 4) is 0 Å². The number of amides is 2. The molecule has 1 N–H and O–H groups in total. The highest BCUT2D eigenvalue weighted by molar-refractivity contribution is 5.94. The number of nitrogens with zero attached hydrogens (tertiary/aromatic N) is 5. The monoisotopic (exact) mass is 386 g/mol. The highest BCUT2D eigenvalue weighted by atomic mass is 19.1. The quantitative estimate of drug-likeness (QED) is 0.735. The minimum atomic E-state index is -1.03. The van der Waals surface area contributed by atoms with E-state index in [1.807, 2.05) is 0 Å². The van der Waals surface area contributed by atoms with Crippen LogP contribution in [-0.2, 0) is 0 Å². The summed E-state index contributed by atoms with van der Waals surface area (Å²) in [4.78, 5) is 30.3. The fraction of sp³-hybridized carbons (Fsp3) is 0.278. The van der Waals surface area contributed by atoms with Gasteiger partial charge in [-0.15, -0.1) is 10.2 Å². The smallest absolute Gasteiger partial charge is 0.273 e. The Bertz CT molecular complexity index is 1050. The largest absolute Gasteiger partial charge is 0.346 e. The maximum atomic E-state index is 13.8. The predicted molar refractivity (Wildman–Crippen MR) is 93.5 cm³/mol. The Labute approximate surface area is 158 Å². The van der Waals surface area contributed by atoms with E-state index >= 15 is 0 Å². The second kappa shape index (κ2) is 7.29. The average Bonchev–Trinajstić information content (AvgIpc) is 3.16. The summed E-state index contributed by atoms with van der Waals surface area (Å²) in [6, 6.07) is 5.39. The molecule has 3 aromatic heterocycles. The van der Waals surface area contributed by atoms with E-state index in [2.05, 4.69) is 20.5 Å². The third-order valence-corrected chi connectivity index (χ3v) is 4.62. The fourth-order valence-corrected chi connectivity index (χ4v) is 3.30. The molecular formula is C18H16F2N6O2. The molecule has 1 atom stereocenters. The number of hydrogen-bond acceptors (Lipinski definition) is 5. The van der Waals surface area contributed by atoms with E-state index in [0.717, 1.165) is 6.20 Å². The Kier molecular flexibility index (Phi) is 4.68. The molecule has 4 rings (SSSR count). The van der Waals surface area contributed by atoms with Crippen LogP contribution < -0.4 is 5.32 Å². The number of aromatic nitrogens is 4. The van der Waals surface area contributed by atoms with E-state index in [9.17, 15) is 18.4 Å². The summed E-state index contributed by atoms with van der Waals surface area (Å²) in [5.41, 5.74) is 0.505. The molecule has 1 fully saturated rings. The van der Waals surface area contributed by atoms with Crippen LogP contribution in [-0.4, -0.2) is 55.4 Å². The van der Waals surface area contributed by atoms with E-state index in [0.29, 0.717) is 36.8 Å². The number of piperidine rings is 1. The van der Waals surface area contributed by atoms with Crippen LogP contribution in [0.4, 0.5) is 8.78 Å². The lowest BCUT2D eigenvalue weighted by Gasteiger charge is -2.33. The fourth-order valence-electron chi connectivity index (χ4n) is 3.30. The molecule has 0 aromatic carbocycles. The Morgan fingerprint density at radius 3 is 2.93 bits per heavy atom. The number of rotatable bonds is 3. The van der Waals surface area contributed by atoms with Crippen LogP contribution in [0.15, 0.2) is 36.8 Å². The SMILES string of the molecule is O=C(NC1CCCN(C(=O)c2cccc3nncn23)C1)c1ncc(F)cc1F. The summed E-state index contributed by atoms with van der Waals surface area (Å²) in [6.07, 6.45) is 3.56. The Hall–Kier alpha value is -3.43. The number of carbonyl (C=O) groups is 2. The first-order chi connectivity index (χ1) is 13.5. The van der Waals surface area contributed by atoms with E-state index in [-0.39, 0.29) is 18.5 Å². The number of likely N-dealkylation sites (tertiary alicyclic amines) is 1. The van der Waals surface area contributed by atoms with Gasteiger partial charge < -0.3 is 10.2 Å². The van der Waals surface area contributed by atoms with Crippen LogP contribution in [0.2, 0.25) is 0 Å². The zero-order chi connectivity index (χ0) is 19.7. The third-order valence-electron chi connectivity index (χ3n) is 4.62. The molecule has 1 saturated heterocycles. The van der Waals surface area contributed by atoms with Gasteiger partial charge in [-0.3, -0.25) is 14.0 Å². The van der Waals surface area contributed by atoms with Crippen molar-refractivity contribution in [1.82, 2.24) is 29.8 Å². The Morgan fingerprint density at radius 2 is 2.11 bits per heavy atom. The zero-order valence-electron chi connectivity index (χ0n) is 14.7. The van der Waals surface area contributed by atoms with Crippen LogP contribution >= 0.6 is 0 Å². The van der Waals surface area contributed by atoms with Crippen molar-refractivity contribution in [2.45, 2.75) is 18.9 Å². The van der Waals surface area contributed by atoms with Crippen LogP contribution in [0.1, 0.15) is 33.8 Å². The number of fused-ring (bicyclic) bond motifs is 1. The van der Waals surface area contributed by atoms with Gasteiger partial charge in [-0.05, 0) is 25.0 Å². The molecule has 1 aliphatic heterocycles. The van der Waals surface area contributed by atoms with Crippen molar-refractivity contribution in [3.05, 3.63) is 59.8 Å². The summed E-state index contributed by atoms with van der Waals surface area (Å²) in [5.74, 6) is -2.83. The first kappa shape index (κ1) is 18.0. The van der Waals surface area contributed by atoms with Crippen molar-refractivity contribution in [1.29, 1.82) is 0 Å². The lowest BCUT2D eigenvalue weighted by molar-refractivity contribution is 0.0668. The Morgan fingerprint density at radius 1 is 1.25 bits per heavy atom. The highest BCUT2D eigenvalue weighted by Crippen LogP contribution is 2.16. The van der Waals surface area contributed by atoms with Gasteiger partial charge in [0.15, 0.2) is 17.2 Å². The normalized spacial score (nSPS) is 16.9. The van der Waals surface area contributed by atoms with Crippen molar-refractivity contribution in [3.63, 3.8) is 0 Å². The van der Waals surface area contributed by atoms with Gasteiger partial charge in [-0.2, -0.15) is 0 Å². The number of pyridine rings is 2. The predicted octanol–water partition coefficient (Wildman–Crippen LogP) is 1.44. The second-order valence-corrected chi connectivity index (χ2v) is 6.52. The number of hydrogen-bond donors (Lipinski definition) is 1. The van der Waals surface area contributed by atoms with E-state index in [1.54, 1.807) is 27.5 Å². The first-order valence-corrected chi connectivity index (χ1v) is 8.73. The molecule has 0 radical (unpaired) electrons. The van der Waals surface area contributed by atoms with Gasteiger partial charge in [0.25, 0.3) is 11.8 Å². The topological polar surface area (TPSA) is 92.5 Å². The molecule has 0 saturated carbocycles. The van der Waals surface area contributed by atoms with Crippen LogP contribution in [0.5, 0.6) is 0 Å². The first-order valence-electron chi connectivity index (χ1n) is 8.73. The molecule has 8 nitrogen and oxygen atoms in total. The average molecular weight is 386 g/mol. The van der Waals surface area contributed by atoms with Gasteiger partial charge in [0, 0.05) is 25.2 Å². The molecule has 144 valence electrons. The molecule has 3 aromatic rings. The minimum absolute atomic E-state index is 0.213. The molecule has 0 spiro atoms. The second-order valence-electron chi connectivity index (χ2n) is 6.52. The van der Waals surface area contributed by atoms with Gasteiger partial charge in [-0.25, -0.2) is 13.8 Å². The molecule has 10 heteroatoms. The van der Waals surface area contributed by atoms with Gasteiger partial charge in [0.05, 0.1) is 6.20 Å². The maximum Gasteiger partial charge on any atom is 0.273 e. The van der Waals surface area contributed by atoms with Gasteiger partial charge in [0.1, 0.15) is 17.8 Å². The third kappa shape index (κ3) is 3.40. The molecule has 1 aliphatic rings. The van der Waals surface area contributed by atoms with Gasteiger partial charge >= 0.3 is 0 Å². The van der Waals surface area contributed by atoms with E-state index in [4.69, 9.17) is 0 Å². The number of halogens is 2. The van der Waals surface area contributed by atoms with Crippen LogP contribution in [0.25, 0.3) is 5.65 Å². The van der Waals surface area contributed by atoms with Crippen LogP contribution in [0.3, 0.4) is 0 Å². The highest BCUT2D eigenvalue weighted by Gasteiger charge is 2.28. The van der Waals surface area contributed by atoms with Crippen molar-refractivity contribution < 1.29 is 18.4 Å². The van der Waals surface area contributed by atoms with Crippen molar-refractivity contribution in [2.24, 2.45) is 0 Å². The summed E-state index contributed by atoms with van der Waals surface area (Å²) < 4.78 is 28.3. The standard InChI is InChI=1S/C18H16F2N6O2/c19-11-7-13(20)16(21-8-11)17(27)23-12-3-2-6-25(9-12)18(28)14-4-1-5-15-24-22-10-26(14)15/h1,4-5,7-8,10,12H,2-3,6,9H2,(H,23,27). The molecular weight excluding hydrogens is 370 g/mol. The van der Waals surface area contributed by atoms with E-state index < -0.39 is 23.2 Å². The van der Waals surface area contributed by atoms with E-state index in [1.165, 1.54) is 6.33 Å². The summed E-state index contributed by atoms with van der Waals surface area (Å²) in [5, 5.41) is 10.4. The number of nitrogens with one attached hydrogen (secondary N) is 1. The molecule has 1 unspecified atom stereocenters. The van der Waals surface area contributed by atoms with Gasteiger partial charge in [-0.1, -0.05) is 6.07 Å². The maximum absolute atomic E-state index is 13.8. The lowest BCUT2D eigenvalue weighted by Crippen LogP contribution is -2.50. The summed E-state index contributed by atoms with van der Waals surface area (Å²) in [6.45, 7) is 0.804. The molecule has 2 amide bonds. The molecule has 28 heavy (non-hydrogen) atoms. The molecule has 0 bridgehead atoms. The van der Waals surface area contributed by atoms with Crippen molar-refractivity contribution >= 4 is 17.5 Å². The minimum Gasteiger partial charge on any atom is -0.346 e. The lowest BCUT2D eigenvalue weighted by atomic mass is 10.0. The molecule has 4 heterocycles. The van der Waals surface area contributed by atoms with Crippen molar-refractivity contribution in [2.75, 3.05) is 13.1 Å². The zero-order valence-corrected chi connectivity index (χ0v) is 14.7. The Balaban J connectivity index is 1.47.